The minimum Gasteiger partial charge on any atom is -0.377 e. The molecule has 0 spiro atoms. The largest absolute Gasteiger partial charge is 0.377 e. The summed E-state index contributed by atoms with van der Waals surface area (Å²) in [6.45, 7) is 1.25. The fourth-order valence-corrected chi connectivity index (χ4v) is 2.40. The lowest BCUT2D eigenvalue weighted by molar-refractivity contribution is 0.177. The van der Waals surface area contributed by atoms with Crippen molar-refractivity contribution < 1.29 is 4.74 Å². The second-order valence-electron chi connectivity index (χ2n) is 5.01. The molecule has 1 aliphatic carbocycles. The van der Waals surface area contributed by atoms with Crippen LogP contribution in [0.2, 0.25) is 0 Å². The smallest absolute Gasteiger partial charge is 0.253 e. The molecule has 1 heterocycles. The summed E-state index contributed by atoms with van der Waals surface area (Å²) >= 11 is 0. The van der Waals surface area contributed by atoms with Gasteiger partial charge in [-0.25, -0.2) is 4.98 Å². The molecular formula is C14H21N3O2. The molecule has 104 valence electrons. The molecule has 0 saturated heterocycles. The molecule has 0 saturated carbocycles. The van der Waals surface area contributed by atoms with Crippen molar-refractivity contribution in [2.75, 3.05) is 25.6 Å². The van der Waals surface area contributed by atoms with Crippen LogP contribution in [0.25, 0.3) is 0 Å². The highest BCUT2D eigenvalue weighted by Gasteiger charge is 2.14. The van der Waals surface area contributed by atoms with Crippen LogP contribution in [-0.2, 0) is 11.3 Å². The van der Waals surface area contributed by atoms with Crippen LogP contribution in [0.5, 0.6) is 0 Å². The Balaban J connectivity index is 2.07. The first-order valence-electron chi connectivity index (χ1n) is 6.64. The summed E-state index contributed by atoms with van der Waals surface area (Å²) in [4.78, 5) is 20.7. The standard InChI is InChI=1S/C14H21N3O2/c1-17(9-11-6-4-3-5-7-11)13-8-14(18)16-12(15-13)10-19-2/h3-4,8,11H,5-7,9-10H2,1-2H3,(H,15,16,18). The number of H-pyrrole nitrogens is 1. The van der Waals surface area contributed by atoms with Gasteiger partial charge in [0.1, 0.15) is 18.2 Å². The number of ether oxygens (including phenoxy) is 1. The SMILES string of the molecule is COCc1nc(N(C)CC2CC=CCC2)cc(=O)[nH]1. The number of hydrogen-bond donors (Lipinski definition) is 1. The van der Waals surface area contributed by atoms with E-state index < -0.39 is 0 Å². The normalized spacial score (nSPS) is 18.5. The molecule has 1 aromatic rings. The predicted octanol–water partition coefficient (Wildman–Crippen LogP) is 1.71. The van der Waals surface area contributed by atoms with E-state index in [9.17, 15) is 4.79 Å². The molecular weight excluding hydrogens is 242 g/mol. The first-order chi connectivity index (χ1) is 9.19. The van der Waals surface area contributed by atoms with E-state index in [0.717, 1.165) is 19.4 Å². The van der Waals surface area contributed by atoms with Crippen molar-refractivity contribution in [3.05, 3.63) is 34.4 Å². The van der Waals surface area contributed by atoms with Gasteiger partial charge in [0.2, 0.25) is 0 Å². The van der Waals surface area contributed by atoms with Crippen molar-refractivity contribution in [3.63, 3.8) is 0 Å². The van der Waals surface area contributed by atoms with Crippen LogP contribution in [0.1, 0.15) is 25.1 Å². The molecule has 1 atom stereocenters. The Hall–Kier alpha value is -1.62. The van der Waals surface area contributed by atoms with Gasteiger partial charge in [-0.1, -0.05) is 12.2 Å². The molecule has 0 aliphatic heterocycles. The average molecular weight is 263 g/mol. The van der Waals surface area contributed by atoms with Crippen LogP contribution < -0.4 is 10.5 Å². The highest BCUT2D eigenvalue weighted by molar-refractivity contribution is 5.36. The van der Waals surface area contributed by atoms with Crippen molar-refractivity contribution in [2.24, 2.45) is 5.92 Å². The molecule has 1 N–H and O–H groups in total. The monoisotopic (exact) mass is 263 g/mol. The predicted molar refractivity (Wildman–Crippen MR) is 75.3 cm³/mol. The first-order valence-corrected chi connectivity index (χ1v) is 6.64. The van der Waals surface area contributed by atoms with Gasteiger partial charge in [-0.05, 0) is 25.2 Å². The second kappa shape index (κ2) is 6.52. The molecule has 19 heavy (non-hydrogen) atoms. The zero-order valence-electron chi connectivity index (χ0n) is 11.6. The average Bonchev–Trinajstić information content (AvgIpc) is 2.39. The summed E-state index contributed by atoms with van der Waals surface area (Å²) in [5.41, 5.74) is -0.132. The molecule has 0 fully saturated rings. The molecule has 1 unspecified atom stereocenters. The molecule has 5 heteroatoms. The summed E-state index contributed by atoms with van der Waals surface area (Å²) in [5.74, 6) is 1.92. The van der Waals surface area contributed by atoms with Crippen LogP contribution in [0.4, 0.5) is 5.82 Å². The third kappa shape index (κ3) is 3.92. The molecule has 1 aliphatic rings. The van der Waals surface area contributed by atoms with Crippen LogP contribution in [0.15, 0.2) is 23.0 Å². The summed E-state index contributed by atoms with van der Waals surface area (Å²) in [6.07, 6.45) is 7.94. The highest BCUT2D eigenvalue weighted by atomic mass is 16.5. The minimum absolute atomic E-state index is 0.132. The van der Waals surface area contributed by atoms with Gasteiger partial charge in [-0.3, -0.25) is 4.79 Å². The van der Waals surface area contributed by atoms with Crippen molar-refractivity contribution in [1.82, 2.24) is 9.97 Å². The molecule has 0 aromatic carbocycles. The maximum absolute atomic E-state index is 11.6. The number of rotatable bonds is 5. The van der Waals surface area contributed by atoms with Crippen molar-refractivity contribution in [1.29, 1.82) is 0 Å². The van der Waals surface area contributed by atoms with Gasteiger partial charge in [0.15, 0.2) is 0 Å². The van der Waals surface area contributed by atoms with Crippen molar-refractivity contribution in [2.45, 2.75) is 25.9 Å². The Morgan fingerprint density at radius 1 is 1.53 bits per heavy atom. The molecule has 2 rings (SSSR count). The number of hydrogen-bond acceptors (Lipinski definition) is 4. The fourth-order valence-electron chi connectivity index (χ4n) is 2.40. The van der Waals surface area contributed by atoms with Crippen molar-refractivity contribution >= 4 is 5.82 Å². The van der Waals surface area contributed by atoms with Gasteiger partial charge in [0.05, 0.1) is 0 Å². The van der Waals surface area contributed by atoms with E-state index in [0.29, 0.717) is 24.2 Å². The Morgan fingerprint density at radius 2 is 2.37 bits per heavy atom. The van der Waals surface area contributed by atoms with E-state index in [1.54, 1.807) is 7.11 Å². The summed E-state index contributed by atoms with van der Waals surface area (Å²) < 4.78 is 5.01. The highest BCUT2D eigenvalue weighted by Crippen LogP contribution is 2.20. The summed E-state index contributed by atoms with van der Waals surface area (Å²) in [6, 6.07) is 1.54. The quantitative estimate of drug-likeness (QED) is 0.822. The second-order valence-corrected chi connectivity index (χ2v) is 5.01. The van der Waals surface area contributed by atoms with E-state index in [1.807, 2.05) is 7.05 Å². The summed E-state index contributed by atoms with van der Waals surface area (Å²) in [7, 11) is 3.57. The lowest BCUT2D eigenvalue weighted by Gasteiger charge is -2.25. The van der Waals surface area contributed by atoms with Gasteiger partial charge in [0.25, 0.3) is 5.56 Å². The van der Waals surface area contributed by atoms with Gasteiger partial charge in [-0.15, -0.1) is 0 Å². The Morgan fingerprint density at radius 3 is 3.05 bits per heavy atom. The number of allylic oxidation sites excluding steroid dienone is 2. The zero-order valence-corrected chi connectivity index (χ0v) is 11.6. The van der Waals surface area contributed by atoms with Crippen LogP contribution in [0.3, 0.4) is 0 Å². The number of aromatic nitrogens is 2. The first kappa shape index (κ1) is 13.8. The third-order valence-corrected chi connectivity index (χ3v) is 3.36. The van der Waals surface area contributed by atoms with Crippen molar-refractivity contribution in [3.8, 4) is 0 Å². The van der Waals surface area contributed by atoms with Gasteiger partial charge >= 0.3 is 0 Å². The van der Waals surface area contributed by atoms with E-state index in [-0.39, 0.29) is 5.56 Å². The van der Waals surface area contributed by atoms with E-state index in [4.69, 9.17) is 4.74 Å². The third-order valence-electron chi connectivity index (χ3n) is 3.36. The van der Waals surface area contributed by atoms with Crippen LogP contribution in [-0.4, -0.2) is 30.7 Å². The fraction of sp³-hybridized carbons (Fsp3) is 0.571. The molecule has 5 nitrogen and oxygen atoms in total. The molecule has 1 aromatic heterocycles. The zero-order chi connectivity index (χ0) is 13.7. The van der Waals surface area contributed by atoms with Gasteiger partial charge in [0, 0.05) is 26.8 Å². The lowest BCUT2D eigenvalue weighted by atomic mass is 9.94. The molecule has 0 bridgehead atoms. The van der Waals surface area contributed by atoms with Gasteiger partial charge < -0.3 is 14.6 Å². The Bertz CT molecular complexity index is 496. The maximum Gasteiger partial charge on any atom is 0.253 e. The Labute approximate surface area is 113 Å². The van der Waals surface area contributed by atoms with Crippen LogP contribution >= 0.6 is 0 Å². The number of anilines is 1. The lowest BCUT2D eigenvalue weighted by Crippen LogP contribution is -2.28. The van der Waals surface area contributed by atoms with E-state index >= 15 is 0 Å². The van der Waals surface area contributed by atoms with Gasteiger partial charge in [-0.2, -0.15) is 0 Å². The van der Waals surface area contributed by atoms with E-state index in [2.05, 4.69) is 27.0 Å². The van der Waals surface area contributed by atoms with Crippen LogP contribution in [0, 0.1) is 5.92 Å². The maximum atomic E-state index is 11.6. The number of nitrogens with zero attached hydrogens (tertiary/aromatic N) is 2. The Kier molecular flexibility index (Phi) is 4.74. The molecule has 0 radical (unpaired) electrons. The topological polar surface area (TPSA) is 58.2 Å². The number of aromatic amines is 1. The summed E-state index contributed by atoms with van der Waals surface area (Å²) in [5, 5.41) is 0. The number of methoxy groups -OCH3 is 1. The molecule has 0 amide bonds. The minimum atomic E-state index is -0.132. The van der Waals surface area contributed by atoms with E-state index in [1.165, 1.54) is 12.5 Å². The number of nitrogens with one attached hydrogen (secondary N) is 1.